The molecule has 1 aliphatic heterocycles. The molecule has 0 saturated carbocycles. The first-order valence-corrected chi connectivity index (χ1v) is 9.03. The fourth-order valence-electron chi connectivity index (χ4n) is 3.34. The Kier molecular flexibility index (Phi) is 6.48. The van der Waals surface area contributed by atoms with Gasteiger partial charge < -0.3 is 14.9 Å². The molecule has 0 radical (unpaired) electrons. The lowest BCUT2D eigenvalue weighted by Gasteiger charge is -2.34. The van der Waals surface area contributed by atoms with E-state index in [2.05, 4.69) is 4.94 Å². The van der Waals surface area contributed by atoms with Crippen LogP contribution >= 0.6 is 11.6 Å². The van der Waals surface area contributed by atoms with Crippen LogP contribution in [0.25, 0.3) is 0 Å². The molecule has 140 valence electrons. The molecule has 0 amide bonds. The Morgan fingerprint density at radius 1 is 1.15 bits per heavy atom. The Morgan fingerprint density at radius 2 is 1.88 bits per heavy atom. The molecule has 26 heavy (non-hydrogen) atoms. The van der Waals surface area contributed by atoms with Gasteiger partial charge in [0.15, 0.2) is 5.75 Å². The molecule has 2 aliphatic rings. The maximum atomic E-state index is 12.1. The lowest BCUT2D eigenvalue weighted by Crippen LogP contribution is -2.40. The minimum absolute atomic E-state index is 0.0347. The van der Waals surface area contributed by atoms with Gasteiger partial charge in [0.25, 0.3) is 0 Å². The van der Waals surface area contributed by atoms with E-state index in [9.17, 15) is 14.7 Å². The third kappa shape index (κ3) is 4.74. The van der Waals surface area contributed by atoms with Crippen molar-refractivity contribution in [2.24, 2.45) is 5.92 Å². The molecule has 4 atom stereocenters. The molecule has 1 aliphatic carbocycles. The largest absolute Gasteiger partial charge is 0.394 e. The van der Waals surface area contributed by atoms with Crippen LogP contribution in [0.2, 0.25) is 0 Å². The fraction of sp³-hybridized carbons (Fsp3) is 0.400. The molecule has 0 spiro atoms. The second-order valence-corrected chi connectivity index (χ2v) is 7.08. The van der Waals surface area contributed by atoms with Gasteiger partial charge in [-0.3, -0.25) is 4.94 Å². The molecule has 0 bridgehead atoms. The van der Waals surface area contributed by atoms with Crippen molar-refractivity contribution in [2.75, 3.05) is 6.61 Å². The molecule has 3 rings (SSSR count). The van der Waals surface area contributed by atoms with Gasteiger partial charge in [-0.2, -0.15) is 0 Å². The van der Waals surface area contributed by atoms with Crippen molar-refractivity contribution in [3.05, 3.63) is 64.7 Å². The van der Waals surface area contributed by atoms with E-state index < -0.39 is 6.10 Å². The van der Waals surface area contributed by atoms with Crippen molar-refractivity contribution >= 4 is 11.6 Å². The Bertz CT molecular complexity index is 698. The summed E-state index contributed by atoms with van der Waals surface area (Å²) < 4.78 is 18.0. The minimum atomic E-state index is -0.477. The van der Waals surface area contributed by atoms with Gasteiger partial charge in [-0.15, -0.1) is 0 Å². The number of aliphatic hydroxyl groups is 2. The highest BCUT2D eigenvalue weighted by Crippen LogP contribution is 2.30. The zero-order chi connectivity index (χ0) is 18.5. The number of ether oxygens (including phenoxy) is 1. The summed E-state index contributed by atoms with van der Waals surface area (Å²) in [6.07, 6.45) is 8.34. The highest BCUT2D eigenvalue weighted by Gasteiger charge is 2.31. The molecule has 2 N–H and O–H groups in total. The number of benzene rings is 1. The van der Waals surface area contributed by atoms with Crippen molar-refractivity contribution in [3.8, 4) is 5.75 Å². The Balaban J connectivity index is 1.70. The van der Waals surface area contributed by atoms with E-state index in [1.807, 2.05) is 24.3 Å². The molecule has 1 heterocycles. The number of hydrogen-bond acceptors (Lipinski definition) is 4. The summed E-state index contributed by atoms with van der Waals surface area (Å²) in [7, 11) is 0. The molecule has 4 nitrogen and oxygen atoms in total. The van der Waals surface area contributed by atoms with Crippen LogP contribution in [0.4, 0.5) is 4.53 Å². The number of hydrogen-bond donors (Lipinski definition) is 2. The van der Waals surface area contributed by atoms with E-state index in [4.69, 9.17) is 16.3 Å². The SMILES string of the molecule is OC[C@@H]1C[C@H](O)CC(C2C=CC(Cl)=C(Cc3ccc(OF)cc3)C=C2)O1. The normalized spacial score (nSPS) is 28.9. The summed E-state index contributed by atoms with van der Waals surface area (Å²) in [5.74, 6) is 0.129. The maximum Gasteiger partial charge on any atom is 0.171 e. The lowest BCUT2D eigenvalue weighted by molar-refractivity contribution is -0.119. The van der Waals surface area contributed by atoms with Gasteiger partial charge >= 0.3 is 0 Å². The molecule has 1 fully saturated rings. The van der Waals surface area contributed by atoms with Crippen LogP contribution in [-0.2, 0) is 11.2 Å². The van der Waals surface area contributed by atoms with E-state index in [-0.39, 0.29) is 30.5 Å². The molecule has 0 aromatic heterocycles. The van der Waals surface area contributed by atoms with Gasteiger partial charge in [-0.25, -0.2) is 0 Å². The third-order valence-electron chi connectivity index (χ3n) is 4.74. The van der Waals surface area contributed by atoms with Crippen LogP contribution in [-0.4, -0.2) is 35.1 Å². The van der Waals surface area contributed by atoms with E-state index in [0.717, 1.165) is 11.1 Å². The van der Waals surface area contributed by atoms with Gasteiger partial charge in [0.05, 0.1) is 24.9 Å². The lowest BCUT2D eigenvalue weighted by atomic mass is 9.91. The first-order chi connectivity index (χ1) is 12.6. The van der Waals surface area contributed by atoms with E-state index in [0.29, 0.717) is 24.3 Å². The average molecular weight is 381 g/mol. The van der Waals surface area contributed by atoms with Crippen molar-refractivity contribution in [1.82, 2.24) is 0 Å². The first-order valence-electron chi connectivity index (χ1n) is 8.66. The Labute approximate surface area is 157 Å². The van der Waals surface area contributed by atoms with Crippen LogP contribution in [0.15, 0.2) is 59.2 Å². The number of rotatable bonds is 5. The smallest absolute Gasteiger partial charge is 0.171 e. The Hall–Kier alpha value is -1.66. The summed E-state index contributed by atoms with van der Waals surface area (Å²) in [5, 5.41) is 20.0. The number of allylic oxidation sites excluding steroid dienone is 4. The van der Waals surface area contributed by atoms with Gasteiger partial charge in [0, 0.05) is 28.3 Å². The standard InChI is InChI=1S/C20H22ClFO4/c21-19-8-5-14(20-11-16(24)10-18(12-23)25-20)3-4-15(19)9-13-1-6-17(26-22)7-2-13/h1-8,14,16,18,20,23-24H,9-12H2/t14?,16-,18-,20?/m0/s1. The summed E-state index contributed by atoms with van der Waals surface area (Å²) in [4.78, 5) is 3.69. The number of halogens is 2. The van der Waals surface area contributed by atoms with Crippen LogP contribution in [0.5, 0.6) is 5.75 Å². The first kappa shape index (κ1) is 19.1. The predicted molar refractivity (Wildman–Crippen MR) is 97.5 cm³/mol. The molecular weight excluding hydrogens is 359 g/mol. The molecular formula is C20H22ClFO4. The topological polar surface area (TPSA) is 58.9 Å². The molecule has 1 aromatic carbocycles. The monoisotopic (exact) mass is 380 g/mol. The molecule has 1 aromatic rings. The Morgan fingerprint density at radius 3 is 2.58 bits per heavy atom. The molecule has 1 saturated heterocycles. The maximum absolute atomic E-state index is 12.1. The zero-order valence-corrected chi connectivity index (χ0v) is 15.0. The van der Waals surface area contributed by atoms with Crippen LogP contribution in [0.3, 0.4) is 0 Å². The quantitative estimate of drug-likeness (QED) is 0.819. The van der Waals surface area contributed by atoms with Crippen molar-refractivity contribution in [2.45, 2.75) is 37.6 Å². The van der Waals surface area contributed by atoms with E-state index in [1.54, 1.807) is 24.3 Å². The van der Waals surface area contributed by atoms with Crippen LogP contribution in [0.1, 0.15) is 18.4 Å². The molecule has 2 unspecified atom stereocenters. The average Bonchev–Trinajstić information content (AvgIpc) is 2.84. The van der Waals surface area contributed by atoms with Crippen LogP contribution in [0, 0.1) is 5.92 Å². The highest BCUT2D eigenvalue weighted by molar-refractivity contribution is 6.31. The van der Waals surface area contributed by atoms with Gasteiger partial charge in [0.1, 0.15) is 0 Å². The summed E-state index contributed by atoms with van der Waals surface area (Å²) in [6.45, 7) is -0.101. The van der Waals surface area contributed by atoms with Gasteiger partial charge in [-0.05, 0) is 35.8 Å². The van der Waals surface area contributed by atoms with E-state index >= 15 is 0 Å². The molecule has 6 heteroatoms. The predicted octanol–water partition coefficient (Wildman–Crippen LogP) is 3.63. The van der Waals surface area contributed by atoms with Crippen molar-refractivity contribution in [3.63, 3.8) is 0 Å². The number of aliphatic hydroxyl groups excluding tert-OH is 2. The second kappa shape index (κ2) is 8.82. The zero-order valence-electron chi connectivity index (χ0n) is 14.2. The highest BCUT2D eigenvalue weighted by atomic mass is 35.5. The van der Waals surface area contributed by atoms with Crippen molar-refractivity contribution in [1.29, 1.82) is 0 Å². The third-order valence-corrected chi connectivity index (χ3v) is 5.11. The minimum Gasteiger partial charge on any atom is -0.394 e. The van der Waals surface area contributed by atoms with E-state index in [1.165, 1.54) is 0 Å². The second-order valence-electron chi connectivity index (χ2n) is 6.67. The van der Waals surface area contributed by atoms with Crippen molar-refractivity contribution < 1.29 is 24.4 Å². The van der Waals surface area contributed by atoms with Gasteiger partial charge in [0.2, 0.25) is 0 Å². The summed E-state index contributed by atoms with van der Waals surface area (Å²) in [6, 6.07) is 6.71. The van der Waals surface area contributed by atoms with Crippen LogP contribution < -0.4 is 4.94 Å². The fourth-order valence-corrected chi connectivity index (χ4v) is 3.54. The van der Waals surface area contributed by atoms with Gasteiger partial charge in [-0.1, -0.05) is 42.0 Å². The summed E-state index contributed by atoms with van der Waals surface area (Å²) in [5.41, 5.74) is 1.93. The summed E-state index contributed by atoms with van der Waals surface area (Å²) >= 11 is 6.41.